The molecule has 0 atom stereocenters. The maximum atomic E-state index is 8.41. The van der Waals surface area contributed by atoms with Crippen molar-refractivity contribution in [2.24, 2.45) is 0 Å². The number of aromatic amines is 1. The predicted octanol–water partition coefficient (Wildman–Crippen LogP) is 2.09. The highest BCUT2D eigenvalue weighted by Crippen LogP contribution is 2.17. The number of hydrogen-bond acceptors (Lipinski definition) is 4. The van der Waals surface area contributed by atoms with Crippen LogP contribution < -0.4 is 0 Å². The monoisotopic (exact) mass is 216 g/mol. The summed E-state index contributed by atoms with van der Waals surface area (Å²) in [6.07, 6.45) is 0. The summed E-state index contributed by atoms with van der Waals surface area (Å²) < 4.78 is 0. The van der Waals surface area contributed by atoms with Crippen LogP contribution in [0.2, 0.25) is 0 Å². The minimum atomic E-state index is 0.367. The predicted molar refractivity (Wildman–Crippen MR) is 58.2 cm³/mol. The number of H-pyrrole nitrogens is 1. The van der Waals surface area contributed by atoms with Gasteiger partial charge in [-0.05, 0) is 0 Å². The number of aromatic nitrogens is 3. The fourth-order valence-electron chi connectivity index (χ4n) is 1.13. The minimum Gasteiger partial charge on any atom is -0.258 e. The van der Waals surface area contributed by atoms with E-state index >= 15 is 0 Å². The first-order chi connectivity index (χ1) is 7.40. The maximum absolute atomic E-state index is 8.41. The Labute approximate surface area is 91.4 Å². The molecule has 0 saturated carbocycles. The SMILES string of the molecule is N#CCSc1n[nH]c(-c2ccccc2)n1. The van der Waals surface area contributed by atoms with Crippen LogP contribution in [0, 0.1) is 11.3 Å². The number of benzene rings is 1. The Morgan fingerprint density at radius 1 is 1.33 bits per heavy atom. The molecule has 0 aliphatic rings. The summed E-state index contributed by atoms with van der Waals surface area (Å²) in [5.41, 5.74) is 0.994. The van der Waals surface area contributed by atoms with Crippen molar-refractivity contribution < 1.29 is 0 Å². The van der Waals surface area contributed by atoms with Gasteiger partial charge in [0.05, 0.1) is 11.8 Å². The zero-order chi connectivity index (χ0) is 10.5. The molecular formula is C10H8N4S. The van der Waals surface area contributed by atoms with Gasteiger partial charge in [-0.25, -0.2) is 4.98 Å². The average Bonchev–Trinajstić information content (AvgIpc) is 2.76. The molecule has 0 spiro atoms. The number of rotatable bonds is 3. The molecule has 0 radical (unpaired) electrons. The molecule has 0 saturated heterocycles. The summed E-state index contributed by atoms with van der Waals surface area (Å²) in [4.78, 5) is 4.26. The summed E-state index contributed by atoms with van der Waals surface area (Å²) in [6.45, 7) is 0. The molecule has 74 valence electrons. The lowest BCUT2D eigenvalue weighted by Gasteiger charge is -1.92. The summed E-state index contributed by atoms with van der Waals surface area (Å²) in [5, 5.41) is 15.9. The van der Waals surface area contributed by atoms with Crippen molar-refractivity contribution >= 4 is 11.8 Å². The van der Waals surface area contributed by atoms with E-state index in [-0.39, 0.29) is 0 Å². The molecule has 1 N–H and O–H groups in total. The standard InChI is InChI=1S/C10H8N4S/c11-6-7-15-10-12-9(13-14-10)8-4-2-1-3-5-8/h1-5H,7H2,(H,12,13,14). The molecule has 4 nitrogen and oxygen atoms in total. The van der Waals surface area contributed by atoms with Gasteiger partial charge < -0.3 is 0 Å². The zero-order valence-corrected chi connectivity index (χ0v) is 8.66. The van der Waals surface area contributed by atoms with E-state index in [2.05, 4.69) is 15.2 Å². The highest BCUT2D eigenvalue weighted by atomic mass is 32.2. The van der Waals surface area contributed by atoms with Gasteiger partial charge in [0, 0.05) is 5.56 Å². The lowest BCUT2D eigenvalue weighted by molar-refractivity contribution is 0.975. The summed E-state index contributed by atoms with van der Waals surface area (Å²) in [5.74, 6) is 1.10. The molecule has 0 aliphatic heterocycles. The van der Waals surface area contributed by atoms with Crippen molar-refractivity contribution in [2.45, 2.75) is 5.16 Å². The van der Waals surface area contributed by atoms with Crippen LogP contribution in [0.1, 0.15) is 0 Å². The summed E-state index contributed by atoms with van der Waals surface area (Å²) >= 11 is 1.32. The van der Waals surface area contributed by atoms with Gasteiger partial charge in [-0.3, -0.25) is 5.10 Å². The lowest BCUT2D eigenvalue weighted by atomic mass is 10.2. The molecular weight excluding hydrogens is 208 g/mol. The van der Waals surface area contributed by atoms with Crippen molar-refractivity contribution in [1.82, 2.24) is 15.2 Å². The van der Waals surface area contributed by atoms with Crippen LogP contribution in [0.4, 0.5) is 0 Å². The first-order valence-corrected chi connectivity index (χ1v) is 5.36. The van der Waals surface area contributed by atoms with Gasteiger partial charge in [-0.1, -0.05) is 42.1 Å². The second-order valence-corrected chi connectivity index (χ2v) is 3.72. The van der Waals surface area contributed by atoms with Crippen LogP contribution in [0.25, 0.3) is 11.4 Å². The van der Waals surface area contributed by atoms with Crippen LogP contribution in [-0.2, 0) is 0 Å². The third-order valence-electron chi connectivity index (χ3n) is 1.78. The summed E-state index contributed by atoms with van der Waals surface area (Å²) in [6, 6.07) is 11.8. The number of nitrogens with zero attached hydrogens (tertiary/aromatic N) is 3. The zero-order valence-electron chi connectivity index (χ0n) is 7.84. The van der Waals surface area contributed by atoms with Crippen LogP contribution in [-0.4, -0.2) is 20.9 Å². The van der Waals surface area contributed by atoms with Crippen LogP contribution in [0.3, 0.4) is 0 Å². The van der Waals surface area contributed by atoms with Gasteiger partial charge >= 0.3 is 0 Å². The van der Waals surface area contributed by atoms with Crippen LogP contribution in [0.15, 0.2) is 35.5 Å². The van der Waals surface area contributed by atoms with Gasteiger partial charge in [-0.15, -0.1) is 5.10 Å². The molecule has 0 fully saturated rings. The number of thioether (sulfide) groups is 1. The molecule has 0 bridgehead atoms. The van der Waals surface area contributed by atoms with E-state index in [1.54, 1.807) is 0 Å². The fourth-order valence-corrected chi connectivity index (χ4v) is 1.59. The third kappa shape index (κ3) is 2.36. The average molecular weight is 216 g/mol. The van der Waals surface area contributed by atoms with Crippen LogP contribution in [0.5, 0.6) is 0 Å². The van der Waals surface area contributed by atoms with E-state index in [1.807, 2.05) is 36.4 Å². The molecule has 1 aromatic heterocycles. The van der Waals surface area contributed by atoms with Crippen molar-refractivity contribution in [3.05, 3.63) is 30.3 Å². The van der Waals surface area contributed by atoms with E-state index in [0.29, 0.717) is 10.9 Å². The number of hydrogen-bond donors (Lipinski definition) is 1. The molecule has 5 heteroatoms. The van der Waals surface area contributed by atoms with E-state index in [0.717, 1.165) is 11.4 Å². The van der Waals surface area contributed by atoms with E-state index in [1.165, 1.54) is 11.8 Å². The van der Waals surface area contributed by atoms with E-state index in [9.17, 15) is 0 Å². The first kappa shape index (κ1) is 9.74. The quantitative estimate of drug-likeness (QED) is 0.798. The normalized spacial score (nSPS) is 9.80. The molecule has 1 aromatic carbocycles. The highest BCUT2D eigenvalue weighted by Gasteiger charge is 2.04. The molecule has 0 aliphatic carbocycles. The Kier molecular flexibility index (Phi) is 3.00. The molecule has 1 heterocycles. The van der Waals surface area contributed by atoms with Gasteiger partial charge in [-0.2, -0.15) is 5.26 Å². The minimum absolute atomic E-state index is 0.367. The molecule has 0 amide bonds. The number of nitrogens with one attached hydrogen (secondary N) is 1. The third-order valence-corrected chi connectivity index (χ3v) is 2.49. The van der Waals surface area contributed by atoms with Gasteiger partial charge in [0.25, 0.3) is 0 Å². The maximum Gasteiger partial charge on any atom is 0.209 e. The van der Waals surface area contributed by atoms with Crippen molar-refractivity contribution in [2.75, 3.05) is 5.75 Å². The topological polar surface area (TPSA) is 65.4 Å². The van der Waals surface area contributed by atoms with E-state index in [4.69, 9.17) is 5.26 Å². The highest BCUT2D eigenvalue weighted by molar-refractivity contribution is 7.99. The Balaban J connectivity index is 2.18. The smallest absolute Gasteiger partial charge is 0.209 e. The second kappa shape index (κ2) is 4.62. The Bertz CT molecular complexity index is 472. The Morgan fingerprint density at radius 3 is 2.87 bits per heavy atom. The molecule has 2 rings (SSSR count). The largest absolute Gasteiger partial charge is 0.258 e. The molecule has 0 unspecified atom stereocenters. The van der Waals surface area contributed by atoms with Gasteiger partial charge in [0.1, 0.15) is 0 Å². The van der Waals surface area contributed by atoms with Crippen LogP contribution >= 0.6 is 11.8 Å². The van der Waals surface area contributed by atoms with Crippen molar-refractivity contribution in [1.29, 1.82) is 5.26 Å². The Morgan fingerprint density at radius 2 is 2.13 bits per heavy atom. The van der Waals surface area contributed by atoms with E-state index < -0.39 is 0 Å². The second-order valence-electron chi connectivity index (χ2n) is 2.78. The van der Waals surface area contributed by atoms with Crippen molar-refractivity contribution in [3.8, 4) is 17.5 Å². The fraction of sp³-hybridized carbons (Fsp3) is 0.100. The molecule has 2 aromatic rings. The first-order valence-electron chi connectivity index (χ1n) is 4.38. The summed E-state index contributed by atoms with van der Waals surface area (Å²) in [7, 11) is 0. The van der Waals surface area contributed by atoms with Crippen molar-refractivity contribution in [3.63, 3.8) is 0 Å². The molecule has 15 heavy (non-hydrogen) atoms. The number of nitriles is 1. The lowest BCUT2D eigenvalue weighted by Crippen LogP contribution is -1.79. The Hall–Kier alpha value is -1.80. The van der Waals surface area contributed by atoms with Gasteiger partial charge in [0.15, 0.2) is 5.82 Å². The van der Waals surface area contributed by atoms with Gasteiger partial charge in [0.2, 0.25) is 5.16 Å².